The minimum Gasteiger partial charge on any atom is -0.457 e. The normalized spacial score (nSPS) is 14.7. The molecule has 0 aliphatic carbocycles. The van der Waals surface area contributed by atoms with Gasteiger partial charge in [-0.05, 0) is 22.0 Å². The van der Waals surface area contributed by atoms with Crippen molar-refractivity contribution in [2.24, 2.45) is 0 Å². The molecule has 4 aromatic rings. The Morgan fingerprint density at radius 2 is 1.93 bits per heavy atom. The van der Waals surface area contributed by atoms with Crippen LogP contribution in [0.15, 0.2) is 47.5 Å². The number of fused-ring (bicyclic) bond motifs is 2. The second kappa shape index (κ2) is 7.33. The number of imidazole rings is 1. The van der Waals surface area contributed by atoms with Crippen molar-refractivity contribution in [3.05, 3.63) is 53.2 Å². The van der Waals surface area contributed by atoms with E-state index in [-0.39, 0.29) is 6.61 Å². The van der Waals surface area contributed by atoms with Gasteiger partial charge in [0.05, 0.1) is 30.6 Å². The molecule has 5 rings (SSSR count). The molecule has 1 saturated heterocycles. The second-order valence-corrected chi connectivity index (χ2v) is 7.24. The molecule has 0 atom stereocenters. The smallest absolute Gasteiger partial charge is 0.317 e. The molecule has 9 heteroatoms. The zero-order chi connectivity index (χ0) is 18.9. The van der Waals surface area contributed by atoms with Crippen LogP contribution in [0.4, 0.5) is 5.82 Å². The number of aromatic nitrogens is 5. The molecular formula is C19H17BrN6O2. The first-order valence-electron chi connectivity index (χ1n) is 8.98. The van der Waals surface area contributed by atoms with Gasteiger partial charge in [-0.3, -0.25) is 4.40 Å². The molecule has 3 aromatic heterocycles. The average molecular weight is 441 g/mol. The maximum absolute atomic E-state index is 5.79. The van der Waals surface area contributed by atoms with Crippen molar-refractivity contribution < 1.29 is 9.47 Å². The van der Waals surface area contributed by atoms with E-state index in [1.165, 1.54) is 0 Å². The van der Waals surface area contributed by atoms with Crippen LogP contribution in [0.3, 0.4) is 0 Å². The lowest BCUT2D eigenvalue weighted by atomic mass is 10.2. The molecule has 1 aromatic carbocycles. The Balaban J connectivity index is 1.41. The van der Waals surface area contributed by atoms with Gasteiger partial charge in [-0.25, -0.2) is 15.0 Å². The molecule has 8 nitrogen and oxygen atoms in total. The van der Waals surface area contributed by atoms with Crippen molar-refractivity contribution in [1.29, 1.82) is 0 Å². The molecular weight excluding hydrogens is 424 g/mol. The van der Waals surface area contributed by atoms with E-state index in [9.17, 15) is 0 Å². The Bertz CT molecular complexity index is 1140. The van der Waals surface area contributed by atoms with Crippen LogP contribution in [0, 0.1) is 0 Å². The highest BCUT2D eigenvalue weighted by molar-refractivity contribution is 9.10. The van der Waals surface area contributed by atoms with Crippen LogP contribution < -0.4 is 9.64 Å². The molecule has 0 amide bonds. The Morgan fingerprint density at radius 1 is 1.07 bits per heavy atom. The molecule has 0 spiro atoms. The fourth-order valence-electron chi connectivity index (χ4n) is 3.21. The SMILES string of the molecule is Brc1cnc(N2CCOCC2)c2nc(COc3ncc4ccccc4n3)cn12. The van der Waals surface area contributed by atoms with Crippen LogP contribution in [0.25, 0.3) is 16.6 Å². The van der Waals surface area contributed by atoms with E-state index in [2.05, 4.69) is 35.8 Å². The maximum Gasteiger partial charge on any atom is 0.317 e. The Kier molecular flexibility index (Phi) is 4.53. The van der Waals surface area contributed by atoms with Gasteiger partial charge in [0, 0.05) is 30.9 Å². The van der Waals surface area contributed by atoms with Crippen LogP contribution >= 0.6 is 15.9 Å². The molecule has 1 fully saturated rings. The molecule has 0 unspecified atom stereocenters. The van der Waals surface area contributed by atoms with E-state index >= 15 is 0 Å². The first-order chi connectivity index (χ1) is 13.8. The Labute approximate surface area is 169 Å². The first kappa shape index (κ1) is 17.3. The molecule has 0 saturated carbocycles. The maximum atomic E-state index is 5.79. The molecule has 142 valence electrons. The van der Waals surface area contributed by atoms with Crippen molar-refractivity contribution in [3.8, 4) is 6.01 Å². The van der Waals surface area contributed by atoms with E-state index in [0.717, 1.165) is 45.8 Å². The number of hydrogen-bond acceptors (Lipinski definition) is 7. The van der Waals surface area contributed by atoms with E-state index in [0.29, 0.717) is 19.2 Å². The van der Waals surface area contributed by atoms with Gasteiger partial charge in [0.1, 0.15) is 11.2 Å². The third kappa shape index (κ3) is 3.27. The topological polar surface area (TPSA) is 77.7 Å². The fraction of sp³-hybridized carbons (Fsp3) is 0.263. The lowest BCUT2D eigenvalue weighted by molar-refractivity contribution is 0.122. The highest BCUT2D eigenvalue weighted by atomic mass is 79.9. The summed E-state index contributed by atoms with van der Waals surface area (Å²) < 4.78 is 14.0. The fourth-order valence-corrected chi connectivity index (χ4v) is 3.59. The molecule has 4 heterocycles. The summed E-state index contributed by atoms with van der Waals surface area (Å²) in [6.45, 7) is 3.26. The van der Waals surface area contributed by atoms with Crippen molar-refractivity contribution in [1.82, 2.24) is 24.3 Å². The van der Waals surface area contributed by atoms with Gasteiger partial charge in [0.25, 0.3) is 0 Å². The van der Waals surface area contributed by atoms with Gasteiger partial charge in [-0.15, -0.1) is 0 Å². The number of ether oxygens (including phenoxy) is 2. The minimum atomic E-state index is 0.273. The van der Waals surface area contributed by atoms with Crippen molar-refractivity contribution in [2.75, 3.05) is 31.2 Å². The van der Waals surface area contributed by atoms with Gasteiger partial charge in [0.2, 0.25) is 0 Å². The second-order valence-electron chi connectivity index (χ2n) is 6.43. The summed E-state index contributed by atoms with van der Waals surface area (Å²) in [5, 5.41) is 0.979. The van der Waals surface area contributed by atoms with Crippen LogP contribution in [-0.2, 0) is 11.3 Å². The lowest BCUT2D eigenvalue weighted by Crippen LogP contribution is -2.37. The Hall–Kier alpha value is -2.78. The van der Waals surface area contributed by atoms with Crippen LogP contribution in [-0.4, -0.2) is 50.6 Å². The highest BCUT2D eigenvalue weighted by Crippen LogP contribution is 2.24. The van der Waals surface area contributed by atoms with Gasteiger partial charge < -0.3 is 14.4 Å². The lowest BCUT2D eigenvalue weighted by Gasteiger charge is -2.27. The van der Waals surface area contributed by atoms with E-state index in [1.54, 1.807) is 12.4 Å². The minimum absolute atomic E-state index is 0.273. The zero-order valence-electron chi connectivity index (χ0n) is 15.0. The summed E-state index contributed by atoms with van der Waals surface area (Å²) in [5.41, 5.74) is 2.42. The third-order valence-corrected chi connectivity index (χ3v) is 5.19. The van der Waals surface area contributed by atoms with Crippen LogP contribution in [0.2, 0.25) is 0 Å². The van der Waals surface area contributed by atoms with Crippen molar-refractivity contribution in [2.45, 2.75) is 6.61 Å². The number of halogens is 1. The number of hydrogen-bond donors (Lipinski definition) is 0. The summed E-state index contributed by atoms with van der Waals surface area (Å²) in [4.78, 5) is 20.2. The van der Waals surface area contributed by atoms with Crippen molar-refractivity contribution >= 4 is 38.3 Å². The van der Waals surface area contributed by atoms with Crippen LogP contribution in [0.1, 0.15) is 5.69 Å². The van der Waals surface area contributed by atoms with E-state index in [1.807, 2.05) is 34.9 Å². The summed E-state index contributed by atoms with van der Waals surface area (Å²) in [7, 11) is 0. The molecule has 0 radical (unpaired) electrons. The number of para-hydroxylation sites is 1. The molecule has 1 aliphatic rings. The third-order valence-electron chi connectivity index (χ3n) is 4.61. The number of anilines is 1. The molecule has 0 N–H and O–H groups in total. The summed E-state index contributed by atoms with van der Waals surface area (Å²) >= 11 is 3.54. The number of nitrogens with zero attached hydrogens (tertiary/aromatic N) is 6. The Morgan fingerprint density at radius 3 is 2.82 bits per heavy atom. The van der Waals surface area contributed by atoms with Crippen molar-refractivity contribution in [3.63, 3.8) is 0 Å². The quantitative estimate of drug-likeness (QED) is 0.482. The van der Waals surface area contributed by atoms with Gasteiger partial charge >= 0.3 is 6.01 Å². The predicted octanol–water partition coefficient (Wildman–Crippen LogP) is 2.85. The summed E-state index contributed by atoms with van der Waals surface area (Å²) in [6, 6.07) is 8.14. The van der Waals surface area contributed by atoms with Gasteiger partial charge in [0.15, 0.2) is 11.5 Å². The highest BCUT2D eigenvalue weighted by Gasteiger charge is 2.19. The first-order valence-corrected chi connectivity index (χ1v) is 9.77. The van der Waals surface area contributed by atoms with E-state index < -0.39 is 0 Å². The zero-order valence-corrected chi connectivity index (χ0v) is 16.5. The number of rotatable bonds is 4. The number of benzene rings is 1. The predicted molar refractivity (Wildman–Crippen MR) is 108 cm³/mol. The average Bonchev–Trinajstić information content (AvgIpc) is 3.18. The van der Waals surface area contributed by atoms with Crippen LogP contribution in [0.5, 0.6) is 6.01 Å². The molecule has 1 aliphatic heterocycles. The molecule has 0 bridgehead atoms. The van der Waals surface area contributed by atoms with Gasteiger partial charge in [-0.2, -0.15) is 4.98 Å². The summed E-state index contributed by atoms with van der Waals surface area (Å²) in [5.74, 6) is 0.847. The largest absolute Gasteiger partial charge is 0.457 e. The number of morpholine rings is 1. The monoisotopic (exact) mass is 440 g/mol. The standard InChI is InChI=1S/C19H17BrN6O2/c20-16-10-21-17(25-5-7-27-8-6-25)18-23-14(11-26(16)18)12-28-19-22-9-13-3-1-2-4-15(13)24-19/h1-4,9-11H,5-8,12H2. The summed E-state index contributed by atoms with van der Waals surface area (Å²) in [6.07, 6.45) is 5.49. The molecule has 28 heavy (non-hydrogen) atoms. The van der Waals surface area contributed by atoms with E-state index in [4.69, 9.17) is 14.5 Å². The van der Waals surface area contributed by atoms with Gasteiger partial charge in [-0.1, -0.05) is 18.2 Å².